The number of aromatic nitrogens is 2. The molecule has 0 bridgehead atoms. The van der Waals surface area contributed by atoms with Crippen LogP contribution < -0.4 is 5.32 Å². The fraction of sp³-hybridized carbons (Fsp3) is 0.636. The highest BCUT2D eigenvalue weighted by molar-refractivity contribution is 5.08. The van der Waals surface area contributed by atoms with E-state index in [1.165, 1.54) is 0 Å². The minimum atomic E-state index is -4.51. The molecule has 2 heterocycles. The van der Waals surface area contributed by atoms with Crippen molar-refractivity contribution in [3.8, 4) is 0 Å². The molecule has 7 heteroatoms. The average molecular weight is 263 g/mol. The van der Waals surface area contributed by atoms with Crippen LogP contribution in [0.15, 0.2) is 12.4 Å². The van der Waals surface area contributed by atoms with E-state index in [4.69, 9.17) is 0 Å². The lowest BCUT2D eigenvalue weighted by Gasteiger charge is -2.29. The van der Waals surface area contributed by atoms with Crippen LogP contribution in [0.4, 0.5) is 17.6 Å². The van der Waals surface area contributed by atoms with Gasteiger partial charge in [0.2, 0.25) is 0 Å². The molecule has 0 aromatic carbocycles. The fourth-order valence-electron chi connectivity index (χ4n) is 1.97. The molecule has 0 spiro atoms. The van der Waals surface area contributed by atoms with Crippen LogP contribution in [0.1, 0.15) is 24.2 Å². The van der Waals surface area contributed by atoms with Crippen molar-refractivity contribution in [2.24, 2.45) is 0 Å². The number of piperidine rings is 1. The number of hydrogen-bond acceptors (Lipinski definition) is 3. The van der Waals surface area contributed by atoms with Crippen LogP contribution in [0.2, 0.25) is 0 Å². The lowest BCUT2D eigenvalue weighted by atomic mass is 9.90. The van der Waals surface area contributed by atoms with Gasteiger partial charge in [-0.3, -0.25) is 4.98 Å². The van der Waals surface area contributed by atoms with Crippen molar-refractivity contribution in [2.75, 3.05) is 13.1 Å². The summed E-state index contributed by atoms with van der Waals surface area (Å²) in [6, 6.07) is 0. The van der Waals surface area contributed by atoms with Crippen molar-refractivity contribution in [2.45, 2.75) is 31.1 Å². The van der Waals surface area contributed by atoms with Crippen LogP contribution in [-0.2, 0) is 12.6 Å². The maximum Gasteiger partial charge on any atom is 0.434 e. The quantitative estimate of drug-likeness (QED) is 0.831. The second kappa shape index (κ2) is 4.79. The molecule has 0 atom stereocenters. The van der Waals surface area contributed by atoms with Gasteiger partial charge in [0, 0.05) is 12.6 Å². The van der Waals surface area contributed by atoms with Crippen molar-refractivity contribution in [1.29, 1.82) is 0 Å². The van der Waals surface area contributed by atoms with Gasteiger partial charge in [-0.15, -0.1) is 0 Å². The molecule has 1 aliphatic heterocycles. The lowest BCUT2D eigenvalue weighted by Crippen LogP contribution is -2.40. The molecule has 0 unspecified atom stereocenters. The van der Waals surface area contributed by atoms with Gasteiger partial charge in [0.15, 0.2) is 5.69 Å². The molecule has 1 saturated heterocycles. The molecule has 1 aromatic heterocycles. The number of nitrogens with zero attached hydrogens (tertiary/aromatic N) is 2. The number of halogens is 4. The normalized spacial score (nSPS) is 19.8. The molecule has 1 aliphatic rings. The van der Waals surface area contributed by atoms with Crippen LogP contribution in [0, 0.1) is 0 Å². The molecule has 3 nitrogen and oxygen atoms in total. The van der Waals surface area contributed by atoms with Crippen LogP contribution in [0.5, 0.6) is 0 Å². The van der Waals surface area contributed by atoms with Gasteiger partial charge in [0.05, 0.1) is 11.9 Å². The number of alkyl halides is 4. The molecule has 100 valence electrons. The van der Waals surface area contributed by atoms with E-state index < -0.39 is 17.5 Å². The zero-order valence-corrected chi connectivity index (χ0v) is 9.60. The smallest absolute Gasteiger partial charge is 0.316 e. The maximum absolute atomic E-state index is 14.3. The van der Waals surface area contributed by atoms with Gasteiger partial charge < -0.3 is 5.32 Å². The van der Waals surface area contributed by atoms with E-state index in [1.54, 1.807) is 0 Å². The molecule has 0 aliphatic carbocycles. The van der Waals surface area contributed by atoms with Gasteiger partial charge in [0.1, 0.15) is 5.67 Å². The van der Waals surface area contributed by atoms with Crippen LogP contribution in [0.25, 0.3) is 0 Å². The van der Waals surface area contributed by atoms with Gasteiger partial charge >= 0.3 is 6.18 Å². The van der Waals surface area contributed by atoms with E-state index in [-0.39, 0.29) is 12.1 Å². The van der Waals surface area contributed by atoms with Gasteiger partial charge in [-0.1, -0.05) is 0 Å². The van der Waals surface area contributed by atoms with Gasteiger partial charge in [-0.2, -0.15) is 13.2 Å². The first-order valence-corrected chi connectivity index (χ1v) is 5.67. The lowest BCUT2D eigenvalue weighted by molar-refractivity contribution is -0.141. The van der Waals surface area contributed by atoms with Gasteiger partial charge in [-0.25, -0.2) is 9.37 Å². The predicted molar refractivity (Wildman–Crippen MR) is 56.7 cm³/mol. The fourth-order valence-corrected chi connectivity index (χ4v) is 1.97. The molecule has 2 rings (SSSR count). The summed E-state index contributed by atoms with van der Waals surface area (Å²) in [6.07, 6.45) is -2.15. The number of hydrogen-bond donors (Lipinski definition) is 1. The van der Waals surface area contributed by atoms with Crippen molar-refractivity contribution < 1.29 is 17.6 Å². The number of rotatable bonds is 2. The van der Waals surface area contributed by atoms with Crippen molar-refractivity contribution in [3.63, 3.8) is 0 Å². The monoisotopic (exact) mass is 263 g/mol. The van der Waals surface area contributed by atoms with Crippen LogP contribution in [0.3, 0.4) is 0 Å². The predicted octanol–water partition coefficient (Wildman–Crippen LogP) is 2.13. The highest BCUT2D eigenvalue weighted by Crippen LogP contribution is 2.29. The van der Waals surface area contributed by atoms with E-state index in [0.717, 1.165) is 6.20 Å². The van der Waals surface area contributed by atoms with E-state index in [9.17, 15) is 17.6 Å². The third-order valence-electron chi connectivity index (χ3n) is 2.99. The third kappa shape index (κ3) is 3.16. The molecular weight excluding hydrogens is 250 g/mol. The van der Waals surface area contributed by atoms with Crippen LogP contribution in [-0.4, -0.2) is 28.7 Å². The van der Waals surface area contributed by atoms with E-state index in [0.29, 0.717) is 32.1 Å². The minimum Gasteiger partial charge on any atom is -0.316 e. The summed E-state index contributed by atoms with van der Waals surface area (Å²) in [5, 5.41) is 3.03. The summed E-state index contributed by atoms with van der Waals surface area (Å²) in [6.45, 7) is 1.15. The minimum absolute atomic E-state index is 0.0137. The molecular formula is C11H13F4N3. The summed E-state index contributed by atoms with van der Waals surface area (Å²) >= 11 is 0. The van der Waals surface area contributed by atoms with Gasteiger partial charge in [-0.05, 0) is 25.9 Å². The summed E-state index contributed by atoms with van der Waals surface area (Å²) < 4.78 is 51.1. The topological polar surface area (TPSA) is 37.8 Å². The molecule has 1 N–H and O–H groups in total. The maximum atomic E-state index is 14.3. The van der Waals surface area contributed by atoms with Crippen molar-refractivity contribution in [3.05, 3.63) is 23.8 Å². The molecule has 0 radical (unpaired) electrons. The Morgan fingerprint density at radius 1 is 1.17 bits per heavy atom. The standard InChI is InChI=1S/C11H13F4N3/c12-10(1-3-16-4-2-10)5-8-6-18-9(7-17-8)11(13,14)15/h6-7,16H,1-5H2. The summed E-state index contributed by atoms with van der Waals surface area (Å²) in [5.41, 5.74) is -2.18. The largest absolute Gasteiger partial charge is 0.434 e. The summed E-state index contributed by atoms with van der Waals surface area (Å²) in [7, 11) is 0. The average Bonchev–Trinajstić information content (AvgIpc) is 2.29. The Bertz CT molecular complexity index is 396. The Kier molecular flexibility index (Phi) is 3.52. The summed E-state index contributed by atoms with van der Waals surface area (Å²) in [4.78, 5) is 6.92. The zero-order chi connectivity index (χ0) is 13.2. The first kappa shape index (κ1) is 13.2. The van der Waals surface area contributed by atoms with E-state index in [1.807, 2.05) is 0 Å². The highest BCUT2D eigenvalue weighted by Gasteiger charge is 2.34. The second-order valence-electron chi connectivity index (χ2n) is 4.47. The molecule has 1 fully saturated rings. The van der Waals surface area contributed by atoms with Crippen molar-refractivity contribution >= 4 is 0 Å². The first-order chi connectivity index (χ1) is 8.39. The Hall–Kier alpha value is -1.24. The molecule has 18 heavy (non-hydrogen) atoms. The SMILES string of the molecule is FC1(Cc2cnc(C(F)(F)F)cn2)CCNCC1. The Morgan fingerprint density at radius 2 is 1.83 bits per heavy atom. The van der Waals surface area contributed by atoms with Gasteiger partial charge in [0.25, 0.3) is 0 Å². The third-order valence-corrected chi connectivity index (χ3v) is 2.99. The number of nitrogens with one attached hydrogen (secondary N) is 1. The zero-order valence-electron chi connectivity index (χ0n) is 9.60. The highest BCUT2D eigenvalue weighted by atomic mass is 19.4. The van der Waals surface area contributed by atoms with Crippen molar-refractivity contribution in [1.82, 2.24) is 15.3 Å². The second-order valence-corrected chi connectivity index (χ2v) is 4.47. The van der Waals surface area contributed by atoms with Crippen LogP contribution >= 0.6 is 0 Å². The Labute approximate surface area is 102 Å². The first-order valence-electron chi connectivity index (χ1n) is 5.67. The molecule has 0 saturated carbocycles. The molecule has 0 amide bonds. The Balaban J connectivity index is 2.06. The van der Waals surface area contributed by atoms with E-state index in [2.05, 4.69) is 15.3 Å². The molecule has 1 aromatic rings. The van der Waals surface area contributed by atoms with E-state index >= 15 is 0 Å². The summed E-state index contributed by atoms with van der Waals surface area (Å²) in [5.74, 6) is 0. The Morgan fingerprint density at radius 3 is 2.33 bits per heavy atom.